The fraction of sp³-hybridized carbons (Fsp3) is 0.714. The van der Waals surface area contributed by atoms with Crippen molar-refractivity contribution in [2.75, 3.05) is 39.3 Å². The first-order chi connectivity index (χ1) is 8.53. The summed E-state index contributed by atoms with van der Waals surface area (Å²) in [5.74, 6) is 0. The summed E-state index contributed by atoms with van der Waals surface area (Å²) in [6.07, 6.45) is 1.16. The Kier molecular flexibility index (Phi) is 4.78. The Morgan fingerprint density at radius 3 is 2.44 bits per heavy atom. The first-order valence-electron chi connectivity index (χ1n) is 6.71. The van der Waals surface area contributed by atoms with E-state index in [9.17, 15) is 5.11 Å². The molecule has 0 bridgehead atoms. The lowest BCUT2D eigenvalue weighted by Crippen LogP contribution is -2.50. The maximum absolute atomic E-state index is 9.81. The lowest BCUT2D eigenvalue weighted by Gasteiger charge is -2.37. The van der Waals surface area contributed by atoms with Crippen molar-refractivity contribution in [3.63, 3.8) is 0 Å². The molecule has 1 fully saturated rings. The van der Waals surface area contributed by atoms with Gasteiger partial charge in [-0.05, 0) is 42.7 Å². The standard InChI is InChI=1S/C14H24N2OS/c1-14(2,17)12-16-8-6-15(7-9-16)5-3-13-4-10-18-11-13/h4,10-11,17H,3,5-9,12H2,1-2H3. The molecule has 1 aromatic rings. The van der Waals surface area contributed by atoms with Gasteiger partial charge in [-0.15, -0.1) is 0 Å². The highest BCUT2D eigenvalue weighted by molar-refractivity contribution is 7.07. The molecule has 1 N–H and O–H groups in total. The first kappa shape index (κ1) is 14.0. The molecule has 1 aromatic heterocycles. The van der Waals surface area contributed by atoms with Gasteiger partial charge in [0, 0.05) is 39.3 Å². The SMILES string of the molecule is CC(C)(O)CN1CCN(CCc2ccsc2)CC1. The largest absolute Gasteiger partial charge is 0.389 e. The van der Waals surface area contributed by atoms with Gasteiger partial charge in [0.15, 0.2) is 0 Å². The van der Waals surface area contributed by atoms with Crippen molar-refractivity contribution in [2.45, 2.75) is 25.9 Å². The minimum atomic E-state index is -0.571. The maximum Gasteiger partial charge on any atom is 0.0718 e. The number of piperazine rings is 1. The fourth-order valence-corrected chi connectivity index (χ4v) is 3.14. The summed E-state index contributed by atoms with van der Waals surface area (Å²) in [7, 11) is 0. The highest BCUT2D eigenvalue weighted by atomic mass is 32.1. The second-order valence-electron chi connectivity index (χ2n) is 5.81. The molecule has 1 saturated heterocycles. The number of nitrogens with zero attached hydrogens (tertiary/aromatic N) is 2. The topological polar surface area (TPSA) is 26.7 Å². The third kappa shape index (κ3) is 4.69. The molecule has 3 nitrogen and oxygen atoms in total. The van der Waals surface area contributed by atoms with Crippen LogP contribution in [-0.2, 0) is 6.42 Å². The van der Waals surface area contributed by atoms with Crippen LogP contribution < -0.4 is 0 Å². The molecule has 1 aliphatic rings. The van der Waals surface area contributed by atoms with Crippen LogP contribution in [0.1, 0.15) is 19.4 Å². The lowest BCUT2D eigenvalue weighted by atomic mass is 10.1. The van der Waals surface area contributed by atoms with Crippen molar-refractivity contribution in [1.29, 1.82) is 0 Å². The molecule has 0 saturated carbocycles. The monoisotopic (exact) mass is 268 g/mol. The van der Waals surface area contributed by atoms with Gasteiger partial charge in [0.25, 0.3) is 0 Å². The average Bonchev–Trinajstić information content (AvgIpc) is 2.79. The molecule has 102 valence electrons. The van der Waals surface area contributed by atoms with Crippen molar-refractivity contribution in [2.24, 2.45) is 0 Å². The van der Waals surface area contributed by atoms with E-state index in [0.29, 0.717) is 0 Å². The molecule has 0 radical (unpaired) electrons. The van der Waals surface area contributed by atoms with Gasteiger partial charge in [0.2, 0.25) is 0 Å². The van der Waals surface area contributed by atoms with Crippen molar-refractivity contribution in [3.8, 4) is 0 Å². The molecule has 0 aliphatic carbocycles. The summed E-state index contributed by atoms with van der Waals surface area (Å²) in [4.78, 5) is 4.89. The van der Waals surface area contributed by atoms with E-state index in [-0.39, 0.29) is 0 Å². The Balaban J connectivity index is 1.67. The predicted octanol–water partition coefficient (Wildman–Crippen LogP) is 1.68. The first-order valence-corrected chi connectivity index (χ1v) is 7.65. The number of β-amino-alcohol motifs (C(OH)–C–C–N with tert-alkyl or cyclic N) is 1. The molecule has 0 aromatic carbocycles. The van der Waals surface area contributed by atoms with Gasteiger partial charge >= 0.3 is 0 Å². The zero-order valence-electron chi connectivity index (χ0n) is 11.4. The molecule has 1 aliphatic heterocycles. The predicted molar refractivity (Wildman–Crippen MR) is 77.2 cm³/mol. The Morgan fingerprint density at radius 2 is 1.89 bits per heavy atom. The molecule has 4 heteroatoms. The minimum absolute atomic E-state index is 0.571. The lowest BCUT2D eigenvalue weighted by molar-refractivity contribution is 0.0180. The van der Waals surface area contributed by atoms with E-state index in [1.807, 2.05) is 13.8 Å². The third-order valence-corrected chi connectivity index (χ3v) is 4.10. The summed E-state index contributed by atoms with van der Waals surface area (Å²) < 4.78 is 0. The number of hydrogen-bond acceptors (Lipinski definition) is 4. The van der Waals surface area contributed by atoms with E-state index in [2.05, 4.69) is 26.6 Å². The third-order valence-electron chi connectivity index (χ3n) is 3.37. The molecule has 2 heterocycles. The molecule has 0 amide bonds. The normalized spacial score (nSPS) is 19.3. The van der Waals surface area contributed by atoms with Gasteiger partial charge in [-0.1, -0.05) is 0 Å². The van der Waals surface area contributed by atoms with E-state index in [0.717, 1.165) is 45.7 Å². The molecule has 0 atom stereocenters. The van der Waals surface area contributed by atoms with Crippen molar-refractivity contribution >= 4 is 11.3 Å². The van der Waals surface area contributed by atoms with Crippen LogP contribution in [0.4, 0.5) is 0 Å². The van der Waals surface area contributed by atoms with Crippen LogP contribution in [-0.4, -0.2) is 59.8 Å². The fourth-order valence-electron chi connectivity index (χ4n) is 2.44. The maximum atomic E-state index is 9.81. The summed E-state index contributed by atoms with van der Waals surface area (Å²) in [6, 6.07) is 2.22. The second kappa shape index (κ2) is 6.15. The average molecular weight is 268 g/mol. The quantitative estimate of drug-likeness (QED) is 0.880. The molecular weight excluding hydrogens is 244 g/mol. The van der Waals surface area contributed by atoms with E-state index in [1.165, 1.54) is 5.56 Å². The van der Waals surface area contributed by atoms with Crippen LogP contribution in [0.25, 0.3) is 0 Å². The Morgan fingerprint density at radius 1 is 1.22 bits per heavy atom. The highest BCUT2D eigenvalue weighted by Crippen LogP contribution is 2.11. The molecule has 2 rings (SSSR count). The van der Waals surface area contributed by atoms with Crippen molar-refractivity contribution in [1.82, 2.24) is 9.80 Å². The number of rotatable bonds is 5. The van der Waals surface area contributed by atoms with Gasteiger partial charge in [0.05, 0.1) is 5.60 Å². The van der Waals surface area contributed by atoms with Crippen LogP contribution in [0.3, 0.4) is 0 Å². The van der Waals surface area contributed by atoms with Gasteiger partial charge in [-0.25, -0.2) is 0 Å². The minimum Gasteiger partial charge on any atom is -0.389 e. The highest BCUT2D eigenvalue weighted by Gasteiger charge is 2.22. The van der Waals surface area contributed by atoms with E-state index < -0.39 is 5.60 Å². The molecule has 18 heavy (non-hydrogen) atoms. The summed E-state index contributed by atoms with van der Waals surface area (Å²) >= 11 is 1.78. The van der Waals surface area contributed by atoms with Gasteiger partial charge in [-0.3, -0.25) is 4.90 Å². The van der Waals surface area contributed by atoms with Crippen molar-refractivity contribution < 1.29 is 5.11 Å². The van der Waals surface area contributed by atoms with Crippen LogP contribution >= 0.6 is 11.3 Å². The smallest absolute Gasteiger partial charge is 0.0718 e. The zero-order valence-corrected chi connectivity index (χ0v) is 12.2. The molecule has 0 unspecified atom stereocenters. The Hall–Kier alpha value is -0.420. The summed E-state index contributed by atoms with van der Waals surface area (Å²) in [6.45, 7) is 10.1. The van der Waals surface area contributed by atoms with Crippen LogP contribution in [0.15, 0.2) is 16.8 Å². The van der Waals surface area contributed by atoms with Crippen molar-refractivity contribution in [3.05, 3.63) is 22.4 Å². The number of aliphatic hydroxyl groups is 1. The van der Waals surface area contributed by atoms with E-state index in [1.54, 1.807) is 11.3 Å². The number of hydrogen-bond donors (Lipinski definition) is 1. The Labute approximate surface area is 114 Å². The second-order valence-corrected chi connectivity index (χ2v) is 6.59. The Bertz CT molecular complexity index is 337. The van der Waals surface area contributed by atoms with Gasteiger partial charge in [-0.2, -0.15) is 11.3 Å². The van der Waals surface area contributed by atoms with Crippen LogP contribution in [0, 0.1) is 0 Å². The zero-order chi connectivity index (χ0) is 13.0. The number of thiophene rings is 1. The molecular formula is C14H24N2OS. The van der Waals surface area contributed by atoms with E-state index in [4.69, 9.17) is 0 Å². The molecule has 0 spiro atoms. The van der Waals surface area contributed by atoms with Crippen LogP contribution in [0.5, 0.6) is 0 Å². The van der Waals surface area contributed by atoms with Crippen LogP contribution in [0.2, 0.25) is 0 Å². The summed E-state index contributed by atoms with van der Waals surface area (Å²) in [5, 5.41) is 14.2. The summed E-state index contributed by atoms with van der Waals surface area (Å²) in [5.41, 5.74) is 0.887. The van der Waals surface area contributed by atoms with E-state index >= 15 is 0 Å². The van der Waals surface area contributed by atoms with Gasteiger partial charge < -0.3 is 10.0 Å². The van der Waals surface area contributed by atoms with Gasteiger partial charge in [0.1, 0.15) is 0 Å².